The Hall–Kier alpha value is -3.90. The molecule has 168 valence electrons. The molecule has 1 heterocycles. The average Bonchev–Trinajstić information content (AvgIpc) is 3.34. The van der Waals surface area contributed by atoms with Crippen LogP contribution in [0.5, 0.6) is 5.75 Å². The van der Waals surface area contributed by atoms with Gasteiger partial charge in [-0.3, -0.25) is 4.79 Å². The van der Waals surface area contributed by atoms with E-state index in [4.69, 9.17) is 9.47 Å². The molecule has 6 heteroatoms. The highest BCUT2D eigenvalue weighted by Crippen LogP contribution is 2.23. The molecular formula is C27H27N3O3. The van der Waals surface area contributed by atoms with E-state index in [9.17, 15) is 4.79 Å². The van der Waals surface area contributed by atoms with E-state index in [2.05, 4.69) is 10.4 Å². The first kappa shape index (κ1) is 22.3. The Bertz CT molecular complexity index is 1220. The molecule has 0 saturated carbocycles. The third kappa shape index (κ3) is 5.67. The van der Waals surface area contributed by atoms with Crippen LogP contribution < -0.4 is 10.1 Å². The first-order valence-electron chi connectivity index (χ1n) is 10.8. The molecule has 33 heavy (non-hydrogen) atoms. The van der Waals surface area contributed by atoms with Crippen molar-refractivity contribution in [2.24, 2.45) is 0 Å². The van der Waals surface area contributed by atoms with Gasteiger partial charge in [0.25, 0.3) is 5.91 Å². The van der Waals surface area contributed by atoms with Gasteiger partial charge in [0, 0.05) is 12.7 Å². The summed E-state index contributed by atoms with van der Waals surface area (Å²) in [5, 5.41) is 7.41. The molecule has 0 aliphatic rings. The molecule has 6 nitrogen and oxygen atoms in total. The van der Waals surface area contributed by atoms with Gasteiger partial charge < -0.3 is 14.8 Å². The maximum atomic E-state index is 12.7. The topological polar surface area (TPSA) is 65.4 Å². The fourth-order valence-electron chi connectivity index (χ4n) is 3.55. The standard InChI is InChI=1S/C27H27N3O3/c1-20-12-13-26(32-2)25(16-20)30-15-14-24(29-30)27(31)28-17-22-10-6-7-11-23(22)19-33-18-21-8-4-3-5-9-21/h3-16H,17-19H2,1-2H3,(H,28,31). The summed E-state index contributed by atoms with van der Waals surface area (Å²) in [6.07, 6.45) is 1.76. The van der Waals surface area contributed by atoms with Crippen LogP contribution >= 0.6 is 0 Å². The number of benzene rings is 3. The molecule has 1 N–H and O–H groups in total. The van der Waals surface area contributed by atoms with Gasteiger partial charge in [-0.05, 0) is 47.4 Å². The lowest BCUT2D eigenvalue weighted by Crippen LogP contribution is -2.24. The molecule has 1 amide bonds. The van der Waals surface area contributed by atoms with Crippen LogP contribution in [0.4, 0.5) is 0 Å². The van der Waals surface area contributed by atoms with Crippen LogP contribution in [0.2, 0.25) is 0 Å². The Morgan fingerprint density at radius 1 is 0.939 bits per heavy atom. The van der Waals surface area contributed by atoms with E-state index >= 15 is 0 Å². The quantitative estimate of drug-likeness (QED) is 0.404. The summed E-state index contributed by atoms with van der Waals surface area (Å²) < 4.78 is 13.0. The predicted octanol–water partition coefficient (Wildman–Crippen LogP) is 4.84. The molecule has 0 spiro atoms. The molecule has 0 radical (unpaired) electrons. The summed E-state index contributed by atoms with van der Waals surface area (Å²) in [4.78, 5) is 12.7. The molecule has 0 aliphatic carbocycles. The van der Waals surface area contributed by atoms with Crippen molar-refractivity contribution in [3.63, 3.8) is 0 Å². The van der Waals surface area contributed by atoms with Crippen molar-refractivity contribution in [1.82, 2.24) is 15.1 Å². The van der Waals surface area contributed by atoms with E-state index in [1.807, 2.05) is 79.7 Å². The highest BCUT2D eigenvalue weighted by atomic mass is 16.5. The lowest BCUT2D eigenvalue weighted by molar-refractivity contribution is 0.0942. The van der Waals surface area contributed by atoms with Gasteiger partial charge in [0.15, 0.2) is 5.69 Å². The van der Waals surface area contributed by atoms with Gasteiger partial charge in [-0.25, -0.2) is 4.68 Å². The maximum absolute atomic E-state index is 12.7. The summed E-state index contributed by atoms with van der Waals surface area (Å²) in [6, 6.07) is 25.6. The van der Waals surface area contributed by atoms with Gasteiger partial charge in [-0.15, -0.1) is 0 Å². The summed E-state index contributed by atoms with van der Waals surface area (Å²) in [7, 11) is 1.62. The van der Waals surface area contributed by atoms with E-state index in [-0.39, 0.29) is 5.91 Å². The summed E-state index contributed by atoms with van der Waals surface area (Å²) in [5.41, 5.74) is 5.40. The molecule has 3 aromatic carbocycles. The van der Waals surface area contributed by atoms with Crippen LogP contribution in [0, 0.1) is 6.92 Å². The molecule has 0 fully saturated rings. The third-order valence-corrected chi connectivity index (χ3v) is 5.33. The average molecular weight is 442 g/mol. The van der Waals surface area contributed by atoms with Crippen LogP contribution in [0.1, 0.15) is 32.7 Å². The van der Waals surface area contributed by atoms with Crippen LogP contribution in [0.25, 0.3) is 5.69 Å². The highest BCUT2D eigenvalue weighted by molar-refractivity contribution is 5.92. The first-order valence-corrected chi connectivity index (χ1v) is 10.8. The fourth-order valence-corrected chi connectivity index (χ4v) is 3.55. The van der Waals surface area contributed by atoms with Gasteiger partial charge in [0.05, 0.1) is 20.3 Å². The summed E-state index contributed by atoms with van der Waals surface area (Å²) in [6.45, 7) is 3.41. The molecule has 0 unspecified atom stereocenters. The van der Waals surface area contributed by atoms with E-state index in [1.54, 1.807) is 24.1 Å². The normalized spacial score (nSPS) is 10.7. The van der Waals surface area contributed by atoms with Crippen molar-refractivity contribution >= 4 is 5.91 Å². The van der Waals surface area contributed by atoms with Crippen LogP contribution in [-0.4, -0.2) is 22.8 Å². The minimum atomic E-state index is -0.236. The Balaban J connectivity index is 1.38. The zero-order valence-electron chi connectivity index (χ0n) is 18.8. The van der Waals surface area contributed by atoms with Crippen molar-refractivity contribution in [1.29, 1.82) is 0 Å². The molecular weight excluding hydrogens is 414 g/mol. The van der Waals surface area contributed by atoms with E-state index in [0.29, 0.717) is 31.2 Å². The molecule has 1 aromatic heterocycles. The number of carbonyl (C=O) groups excluding carboxylic acids is 1. The smallest absolute Gasteiger partial charge is 0.272 e. The molecule has 4 rings (SSSR count). The largest absolute Gasteiger partial charge is 0.494 e. The van der Waals surface area contributed by atoms with Crippen LogP contribution in [0.15, 0.2) is 85.1 Å². The Kier molecular flexibility index (Phi) is 7.17. The van der Waals surface area contributed by atoms with Gasteiger partial charge in [0.1, 0.15) is 11.4 Å². The zero-order chi connectivity index (χ0) is 23.0. The lowest BCUT2D eigenvalue weighted by atomic mass is 10.1. The molecule has 4 aromatic rings. The van der Waals surface area contributed by atoms with Crippen LogP contribution in [0.3, 0.4) is 0 Å². The number of hydrogen-bond acceptors (Lipinski definition) is 4. The van der Waals surface area contributed by atoms with E-state index in [1.165, 1.54) is 0 Å². The number of carbonyl (C=O) groups is 1. The molecule has 0 atom stereocenters. The van der Waals surface area contributed by atoms with Crippen molar-refractivity contribution in [3.8, 4) is 11.4 Å². The van der Waals surface area contributed by atoms with Gasteiger partial charge in [0.2, 0.25) is 0 Å². The third-order valence-electron chi connectivity index (χ3n) is 5.33. The van der Waals surface area contributed by atoms with Crippen LogP contribution in [-0.2, 0) is 24.5 Å². The van der Waals surface area contributed by atoms with Crippen molar-refractivity contribution in [2.75, 3.05) is 7.11 Å². The van der Waals surface area contributed by atoms with Crippen molar-refractivity contribution in [2.45, 2.75) is 26.7 Å². The number of hydrogen-bond donors (Lipinski definition) is 1. The molecule has 0 bridgehead atoms. The molecule has 0 aliphatic heterocycles. The van der Waals surface area contributed by atoms with E-state index in [0.717, 1.165) is 27.9 Å². The maximum Gasteiger partial charge on any atom is 0.272 e. The second-order valence-electron chi connectivity index (χ2n) is 7.75. The number of rotatable bonds is 9. The van der Waals surface area contributed by atoms with Gasteiger partial charge in [-0.2, -0.15) is 5.10 Å². The minimum absolute atomic E-state index is 0.236. The number of nitrogens with one attached hydrogen (secondary N) is 1. The Morgan fingerprint density at radius 2 is 1.70 bits per heavy atom. The second-order valence-corrected chi connectivity index (χ2v) is 7.75. The molecule has 0 saturated heterocycles. The number of aryl methyl sites for hydroxylation is 1. The second kappa shape index (κ2) is 10.6. The van der Waals surface area contributed by atoms with Crippen molar-refractivity contribution in [3.05, 3.63) is 113 Å². The van der Waals surface area contributed by atoms with Gasteiger partial charge >= 0.3 is 0 Å². The minimum Gasteiger partial charge on any atom is -0.494 e. The lowest BCUT2D eigenvalue weighted by Gasteiger charge is -2.11. The number of aromatic nitrogens is 2. The fraction of sp³-hybridized carbons (Fsp3) is 0.185. The predicted molar refractivity (Wildman–Crippen MR) is 127 cm³/mol. The van der Waals surface area contributed by atoms with Gasteiger partial charge in [-0.1, -0.05) is 60.7 Å². The Labute approximate surface area is 193 Å². The number of ether oxygens (including phenoxy) is 2. The van der Waals surface area contributed by atoms with E-state index < -0.39 is 0 Å². The number of amides is 1. The zero-order valence-corrected chi connectivity index (χ0v) is 18.8. The number of nitrogens with zero attached hydrogens (tertiary/aromatic N) is 2. The summed E-state index contributed by atoms with van der Waals surface area (Å²) in [5.74, 6) is 0.459. The number of methoxy groups -OCH3 is 1. The highest BCUT2D eigenvalue weighted by Gasteiger charge is 2.13. The SMILES string of the molecule is COc1ccc(C)cc1-n1ccc(C(=O)NCc2ccccc2COCc2ccccc2)n1. The van der Waals surface area contributed by atoms with Crippen molar-refractivity contribution < 1.29 is 14.3 Å². The Morgan fingerprint density at radius 3 is 2.48 bits per heavy atom. The summed E-state index contributed by atoms with van der Waals surface area (Å²) >= 11 is 0. The monoisotopic (exact) mass is 441 g/mol. The first-order chi connectivity index (χ1) is 16.1.